The van der Waals surface area contributed by atoms with Crippen molar-refractivity contribution >= 4 is 17.6 Å². The summed E-state index contributed by atoms with van der Waals surface area (Å²) in [5.41, 5.74) is 1.78. The van der Waals surface area contributed by atoms with Gasteiger partial charge in [0, 0.05) is 17.5 Å². The number of methoxy groups -OCH3 is 2. The molecule has 0 saturated heterocycles. The van der Waals surface area contributed by atoms with Crippen molar-refractivity contribution in [1.29, 1.82) is 0 Å². The minimum Gasteiger partial charge on any atom is -0.497 e. The van der Waals surface area contributed by atoms with E-state index in [0.29, 0.717) is 28.7 Å². The molecule has 5 heteroatoms. The maximum absolute atomic E-state index is 12.0. The van der Waals surface area contributed by atoms with Crippen molar-refractivity contribution in [1.82, 2.24) is 0 Å². The first-order chi connectivity index (χ1) is 11.0. The number of carbonyl (C=O) groups excluding carboxylic acids is 1. The maximum Gasteiger partial charge on any atom is 0.311 e. The van der Waals surface area contributed by atoms with E-state index in [1.807, 2.05) is 19.1 Å². The minimum atomic E-state index is -0.294. The normalized spacial score (nSPS) is 10.3. The summed E-state index contributed by atoms with van der Waals surface area (Å²) in [5, 5.41) is 0.616. The molecule has 0 radical (unpaired) electrons. The number of hydrogen-bond donors (Lipinski definition) is 0. The predicted molar refractivity (Wildman–Crippen MR) is 89.7 cm³/mol. The van der Waals surface area contributed by atoms with Crippen molar-refractivity contribution in [2.24, 2.45) is 0 Å². The Morgan fingerprint density at radius 3 is 2.26 bits per heavy atom. The number of esters is 1. The molecule has 0 saturated carbocycles. The quantitative estimate of drug-likeness (QED) is 0.586. The van der Waals surface area contributed by atoms with Crippen LogP contribution >= 0.6 is 11.6 Å². The van der Waals surface area contributed by atoms with Crippen molar-refractivity contribution in [2.75, 3.05) is 14.2 Å². The topological polar surface area (TPSA) is 44.8 Å². The van der Waals surface area contributed by atoms with Gasteiger partial charge in [-0.25, -0.2) is 0 Å². The third kappa shape index (κ3) is 4.89. The van der Waals surface area contributed by atoms with Crippen LogP contribution in [0.3, 0.4) is 0 Å². The highest BCUT2D eigenvalue weighted by Crippen LogP contribution is 2.24. The van der Waals surface area contributed by atoms with Gasteiger partial charge in [-0.15, -0.1) is 0 Å². The Balaban J connectivity index is 1.99. The Bertz CT molecular complexity index is 675. The third-order valence-corrected chi connectivity index (χ3v) is 3.62. The van der Waals surface area contributed by atoms with Crippen LogP contribution in [0.4, 0.5) is 0 Å². The van der Waals surface area contributed by atoms with Gasteiger partial charge in [0.25, 0.3) is 0 Å². The highest BCUT2D eigenvalue weighted by molar-refractivity contribution is 6.30. The Hall–Kier alpha value is -2.20. The summed E-state index contributed by atoms with van der Waals surface area (Å²) < 4.78 is 15.8. The van der Waals surface area contributed by atoms with E-state index < -0.39 is 0 Å². The van der Waals surface area contributed by atoms with E-state index in [1.54, 1.807) is 38.5 Å². The Morgan fingerprint density at radius 2 is 1.70 bits per heavy atom. The monoisotopic (exact) mass is 334 g/mol. The fourth-order valence-corrected chi connectivity index (χ4v) is 2.38. The minimum absolute atomic E-state index is 0.262. The molecule has 0 heterocycles. The predicted octanol–water partition coefficient (Wildman–Crippen LogP) is 4.20. The molecule has 122 valence electrons. The van der Waals surface area contributed by atoms with Crippen LogP contribution < -0.4 is 14.2 Å². The summed E-state index contributed by atoms with van der Waals surface area (Å²) in [6.45, 7) is 1.85. The molecule has 0 aliphatic carbocycles. The lowest BCUT2D eigenvalue weighted by Crippen LogP contribution is -2.10. The maximum atomic E-state index is 12.0. The molecule has 0 bridgehead atoms. The summed E-state index contributed by atoms with van der Waals surface area (Å²) in [4.78, 5) is 12.0. The lowest BCUT2D eigenvalue weighted by atomic mass is 10.1. The molecule has 2 rings (SSSR count). The van der Waals surface area contributed by atoms with Gasteiger partial charge >= 0.3 is 5.97 Å². The standard InChI is InChI=1S/C18H19ClO4/c1-12-8-14(19)5-6-17(12)23-18(20)7-4-13-9-15(21-2)11-16(10-13)22-3/h5-6,8-11H,4,7H2,1-3H3. The van der Waals surface area contributed by atoms with Crippen LogP contribution in [-0.2, 0) is 11.2 Å². The lowest BCUT2D eigenvalue weighted by molar-refractivity contribution is -0.134. The van der Waals surface area contributed by atoms with Gasteiger partial charge in [-0.2, -0.15) is 0 Å². The van der Waals surface area contributed by atoms with E-state index in [-0.39, 0.29) is 12.4 Å². The number of carbonyl (C=O) groups is 1. The molecule has 0 fully saturated rings. The van der Waals surface area contributed by atoms with Crippen LogP contribution in [0.2, 0.25) is 5.02 Å². The van der Waals surface area contributed by atoms with Crippen LogP contribution in [0.1, 0.15) is 17.5 Å². The van der Waals surface area contributed by atoms with E-state index in [2.05, 4.69) is 0 Å². The summed E-state index contributed by atoms with van der Waals surface area (Å²) in [6, 6.07) is 10.7. The Kier molecular flexibility index (Phi) is 5.88. The fraction of sp³-hybridized carbons (Fsp3) is 0.278. The summed E-state index contributed by atoms with van der Waals surface area (Å²) in [6.07, 6.45) is 0.803. The van der Waals surface area contributed by atoms with E-state index in [4.69, 9.17) is 25.8 Å². The zero-order chi connectivity index (χ0) is 16.8. The van der Waals surface area contributed by atoms with Crippen LogP contribution in [0.25, 0.3) is 0 Å². The Labute approximate surface area is 140 Å². The molecule has 0 aromatic heterocycles. The first kappa shape index (κ1) is 17.2. The van der Waals surface area contributed by atoms with E-state index in [9.17, 15) is 4.79 Å². The average molecular weight is 335 g/mol. The Morgan fingerprint density at radius 1 is 1.04 bits per heavy atom. The van der Waals surface area contributed by atoms with Gasteiger partial charge in [0.05, 0.1) is 14.2 Å². The molecule has 4 nitrogen and oxygen atoms in total. The second-order valence-corrected chi connectivity index (χ2v) is 5.54. The van der Waals surface area contributed by atoms with Crippen LogP contribution in [0.5, 0.6) is 17.2 Å². The van der Waals surface area contributed by atoms with Crippen molar-refractivity contribution in [3.05, 3.63) is 52.5 Å². The van der Waals surface area contributed by atoms with E-state index in [0.717, 1.165) is 11.1 Å². The van der Waals surface area contributed by atoms with Crippen molar-refractivity contribution < 1.29 is 19.0 Å². The molecule has 0 aliphatic rings. The molecule has 2 aromatic rings. The first-order valence-electron chi connectivity index (χ1n) is 7.20. The molecule has 23 heavy (non-hydrogen) atoms. The van der Waals surface area contributed by atoms with Crippen molar-refractivity contribution in [3.63, 3.8) is 0 Å². The van der Waals surface area contributed by atoms with Gasteiger partial charge in [0.2, 0.25) is 0 Å². The lowest BCUT2D eigenvalue weighted by Gasteiger charge is -2.09. The van der Waals surface area contributed by atoms with Gasteiger partial charge in [-0.3, -0.25) is 4.79 Å². The van der Waals surface area contributed by atoms with Crippen molar-refractivity contribution in [3.8, 4) is 17.2 Å². The number of ether oxygens (including phenoxy) is 3. The van der Waals surface area contributed by atoms with Gasteiger partial charge < -0.3 is 14.2 Å². The zero-order valence-corrected chi connectivity index (χ0v) is 14.1. The summed E-state index contributed by atoms with van der Waals surface area (Å²) in [5.74, 6) is 1.63. The molecule has 0 N–H and O–H groups in total. The van der Waals surface area contributed by atoms with Gasteiger partial charge in [-0.05, 0) is 54.8 Å². The van der Waals surface area contributed by atoms with Gasteiger partial charge in [0.1, 0.15) is 17.2 Å². The van der Waals surface area contributed by atoms with Crippen LogP contribution in [0.15, 0.2) is 36.4 Å². The molecule has 0 amide bonds. The molecule has 2 aromatic carbocycles. The smallest absolute Gasteiger partial charge is 0.311 e. The molecule has 0 unspecified atom stereocenters. The number of hydrogen-bond acceptors (Lipinski definition) is 4. The molecule has 0 spiro atoms. The van der Waals surface area contributed by atoms with Gasteiger partial charge in [-0.1, -0.05) is 11.6 Å². The van der Waals surface area contributed by atoms with Gasteiger partial charge in [0.15, 0.2) is 0 Å². The molecular formula is C18H19ClO4. The van der Waals surface area contributed by atoms with E-state index in [1.165, 1.54) is 0 Å². The summed E-state index contributed by atoms with van der Waals surface area (Å²) >= 11 is 5.89. The SMILES string of the molecule is COc1cc(CCC(=O)Oc2ccc(Cl)cc2C)cc(OC)c1. The molecule has 0 atom stereocenters. The zero-order valence-electron chi connectivity index (χ0n) is 13.4. The molecular weight excluding hydrogens is 316 g/mol. The molecule has 0 aliphatic heterocycles. The average Bonchev–Trinajstić information content (AvgIpc) is 2.55. The van der Waals surface area contributed by atoms with Crippen LogP contribution in [-0.4, -0.2) is 20.2 Å². The highest BCUT2D eigenvalue weighted by atomic mass is 35.5. The largest absolute Gasteiger partial charge is 0.497 e. The number of rotatable bonds is 6. The van der Waals surface area contributed by atoms with E-state index >= 15 is 0 Å². The fourth-order valence-electron chi connectivity index (χ4n) is 2.16. The second-order valence-electron chi connectivity index (χ2n) is 5.10. The first-order valence-corrected chi connectivity index (χ1v) is 7.58. The van der Waals surface area contributed by atoms with Crippen LogP contribution in [0, 0.1) is 6.92 Å². The summed E-state index contributed by atoms with van der Waals surface area (Å²) in [7, 11) is 3.19. The highest BCUT2D eigenvalue weighted by Gasteiger charge is 2.09. The number of halogens is 1. The second kappa shape index (κ2) is 7.88. The number of benzene rings is 2. The third-order valence-electron chi connectivity index (χ3n) is 3.39. The number of aryl methyl sites for hydroxylation is 2. The van der Waals surface area contributed by atoms with Crippen molar-refractivity contribution in [2.45, 2.75) is 19.8 Å².